The van der Waals surface area contributed by atoms with Crippen LogP contribution >= 0.6 is 11.3 Å². The van der Waals surface area contributed by atoms with E-state index >= 15 is 0 Å². The molecular formula is C62H41BN4OS. The van der Waals surface area contributed by atoms with Gasteiger partial charge in [-0.05, 0) is 131 Å². The third-order valence-corrected chi connectivity index (χ3v) is 13.9. The molecule has 3 aliphatic heterocycles. The normalized spacial score (nSPS) is 16.2. The van der Waals surface area contributed by atoms with Gasteiger partial charge < -0.3 is 24.3 Å². The van der Waals surface area contributed by atoms with E-state index in [0.717, 1.165) is 37.2 Å². The predicted molar refractivity (Wildman–Crippen MR) is 291 cm³/mol. The molecule has 11 aromatic rings. The van der Waals surface area contributed by atoms with Crippen molar-refractivity contribution in [3.8, 4) is 22.6 Å². The molecule has 7 heteroatoms. The van der Waals surface area contributed by atoms with Crippen molar-refractivity contribution in [2.75, 3.05) is 19.6 Å². The molecule has 10 aromatic carbocycles. The van der Waals surface area contributed by atoms with E-state index in [1.54, 1.807) is 47.7 Å². The summed E-state index contributed by atoms with van der Waals surface area (Å²) < 4.78 is 154. The van der Waals surface area contributed by atoms with E-state index in [4.69, 9.17) is 18.4 Å². The maximum absolute atomic E-state index is 9.82. The molecule has 4 heterocycles. The van der Waals surface area contributed by atoms with Gasteiger partial charge in [-0.3, -0.25) is 0 Å². The Kier molecular flexibility index (Phi) is 6.13. The summed E-state index contributed by atoms with van der Waals surface area (Å²) in [5, 5.41) is 0.928. The third-order valence-electron chi connectivity index (χ3n) is 12.7. The molecule has 0 aliphatic carbocycles. The van der Waals surface area contributed by atoms with Crippen LogP contribution < -0.4 is 40.0 Å². The van der Waals surface area contributed by atoms with Crippen molar-refractivity contribution < 1.29 is 26.7 Å². The fourth-order valence-electron chi connectivity index (χ4n) is 9.84. The van der Waals surface area contributed by atoms with Crippen molar-refractivity contribution in [3.63, 3.8) is 0 Å². The molecule has 0 atom stereocenters. The molecule has 0 N–H and O–H groups in total. The summed E-state index contributed by atoms with van der Waals surface area (Å²) in [4.78, 5) is 6.92. The predicted octanol–water partition coefficient (Wildman–Crippen LogP) is 15.7. The van der Waals surface area contributed by atoms with Gasteiger partial charge in [-0.2, -0.15) is 0 Å². The smallest absolute Gasteiger partial charge is 0.264 e. The minimum absolute atomic E-state index is 0.0518. The van der Waals surface area contributed by atoms with Crippen LogP contribution in [0.4, 0.5) is 68.2 Å². The summed E-state index contributed by atoms with van der Waals surface area (Å²) in [6, 6.07) is 37.9. The Morgan fingerprint density at radius 1 is 0.435 bits per heavy atom. The van der Waals surface area contributed by atoms with E-state index in [1.807, 2.05) is 102 Å². The van der Waals surface area contributed by atoms with E-state index in [-0.39, 0.29) is 51.5 Å². The second-order valence-corrected chi connectivity index (χ2v) is 17.6. The number of hydrogen-bond acceptors (Lipinski definition) is 6. The molecule has 0 bridgehead atoms. The largest absolute Gasteiger partial charge is 0.453 e. The average Bonchev–Trinajstić information content (AvgIpc) is 1.94. The third kappa shape index (κ3) is 6.32. The summed E-state index contributed by atoms with van der Waals surface area (Å²) in [5.74, 6) is -0.695. The lowest BCUT2D eigenvalue weighted by Crippen LogP contribution is -2.60. The highest BCUT2D eigenvalue weighted by molar-refractivity contribution is 7.33. The number of fused-ring (bicyclic) bond motifs is 8. The number of para-hydroxylation sites is 8. The highest BCUT2D eigenvalue weighted by atomic mass is 32.1. The van der Waals surface area contributed by atoms with Gasteiger partial charge in [0.2, 0.25) is 0 Å². The SMILES string of the molecule is [2H]c1cc(N(c2ccccc2)c2c([2H])c([2H])c(-c3ccc4c(c3)N(c3ccccc3)c3cc(N5c6c([2H])c([2H])c([2H])c([2H])c6Oc6c([2H])c([2H])c([2H])c([2H])c65)cc5c3B4c3sc4ccccc4c3N5c3ccccc3)c([2H])c2[2H])c([2H])c([2H])c1[2H]. The summed E-state index contributed by atoms with van der Waals surface area (Å²) in [6.45, 7) is -0.543. The van der Waals surface area contributed by atoms with Crippen molar-refractivity contribution >= 4 is 112 Å². The molecule has 0 fully saturated rings. The summed E-state index contributed by atoms with van der Waals surface area (Å²) in [5.41, 5.74) is 5.74. The maximum atomic E-state index is 9.82. The first-order valence-corrected chi connectivity index (χ1v) is 23.0. The Hall–Kier alpha value is -8.78. The molecule has 69 heavy (non-hydrogen) atoms. The van der Waals surface area contributed by atoms with Gasteiger partial charge in [0, 0.05) is 60.4 Å². The number of thiophene rings is 1. The molecule has 0 saturated heterocycles. The second kappa shape index (κ2) is 15.9. The number of benzene rings is 10. The zero-order valence-corrected chi connectivity index (χ0v) is 36.9. The fraction of sp³-hybridized carbons (Fsp3) is 0. The van der Waals surface area contributed by atoms with Gasteiger partial charge in [-0.1, -0.05) is 139 Å². The van der Waals surface area contributed by atoms with E-state index in [0.29, 0.717) is 34.0 Å². The quantitative estimate of drug-likeness (QED) is 0.148. The van der Waals surface area contributed by atoms with E-state index in [1.165, 1.54) is 15.9 Å². The molecule has 5 nitrogen and oxygen atoms in total. The first-order chi connectivity index (χ1) is 40.9. The van der Waals surface area contributed by atoms with Crippen LogP contribution in [0.5, 0.6) is 11.5 Å². The number of rotatable bonds is 7. The van der Waals surface area contributed by atoms with Gasteiger partial charge >= 0.3 is 0 Å². The van der Waals surface area contributed by atoms with Crippen LogP contribution in [0.3, 0.4) is 0 Å². The maximum Gasteiger partial charge on any atom is 0.264 e. The molecular weight excluding hydrogens is 860 g/mol. The molecule has 0 spiro atoms. The molecule has 3 aliphatic rings. The van der Waals surface area contributed by atoms with Crippen LogP contribution in [0.15, 0.2) is 248 Å². The Labute approximate surface area is 428 Å². The average molecular weight is 917 g/mol. The Bertz CT molecular complexity index is 4610. The lowest BCUT2D eigenvalue weighted by Gasteiger charge is -2.44. The number of hydrogen-bond donors (Lipinski definition) is 0. The first kappa shape index (κ1) is 26.5. The van der Waals surface area contributed by atoms with Gasteiger partial charge in [0.15, 0.2) is 11.5 Å². The Morgan fingerprint density at radius 3 is 1.77 bits per heavy atom. The highest BCUT2D eigenvalue weighted by Gasteiger charge is 2.46. The van der Waals surface area contributed by atoms with Gasteiger partial charge in [-0.15, -0.1) is 11.3 Å². The van der Waals surface area contributed by atoms with Gasteiger partial charge in [-0.25, -0.2) is 0 Å². The highest BCUT2D eigenvalue weighted by Crippen LogP contribution is 2.54. The Balaban J connectivity index is 1.08. The summed E-state index contributed by atoms with van der Waals surface area (Å²) in [6.07, 6.45) is 0. The molecule has 0 unspecified atom stereocenters. The van der Waals surface area contributed by atoms with Crippen LogP contribution in [0.1, 0.15) is 21.9 Å². The minimum Gasteiger partial charge on any atom is -0.453 e. The van der Waals surface area contributed by atoms with E-state index in [2.05, 4.69) is 17.0 Å². The van der Waals surface area contributed by atoms with Crippen molar-refractivity contribution in [1.82, 2.24) is 0 Å². The van der Waals surface area contributed by atoms with Crippen molar-refractivity contribution in [1.29, 1.82) is 0 Å². The monoisotopic (exact) mass is 916 g/mol. The van der Waals surface area contributed by atoms with Crippen LogP contribution in [0, 0.1) is 0 Å². The van der Waals surface area contributed by atoms with Gasteiger partial charge in [0.25, 0.3) is 6.71 Å². The number of nitrogens with zero attached hydrogens (tertiary/aromatic N) is 4. The van der Waals surface area contributed by atoms with Gasteiger partial charge in [0.05, 0.1) is 44.7 Å². The molecule has 1 aromatic heterocycles. The van der Waals surface area contributed by atoms with Crippen LogP contribution in [0.25, 0.3) is 21.2 Å². The van der Waals surface area contributed by atoms with Crippen LogP contribution in [0.2, 0.25) is 0 Å². The zero-order valence-electron chi connectivity index (χ0n) is 52.1. The number of ether oxygens (including phenoxy) is 1. The molecule has 14 rings (SSSR count). The zero-order chi connectivity index (χ0) is 59.3. The van der Waals surface area contributed by atoms with Gasteiger partial charge in [0.1, 0.15) is 0 Å². The fourth-order valence-corrected chi connectivity index (χ4v) is 11.2. The van der Waals surface area contributed by atoms with E-state index in [9.17, 15) is 8.22 Å². The standard InChI is InChI=1S/C62H41BN4OS/c1-5-19-44(20-6-1)64(45-21-7-2-8-22-45)48-36-33-42(34-37-48)43-35-38-51-54(39-43)65(46-23-9-3-10-24-46)55-40-49(66-52-28-14-16-30-57(52)68-58-31-17-15-29-53(58)66)41-56-60(55)63(51)62-61(50-27-13-18-32-59(50)69-62)67(56)47-25-11-4-12-26-47/h1-41H/i1D,5D,6D,14D,15D,16D,17D,19D,28D,29D,30D,31D,33D,34D,36D,37D. The van der Waals surface area contributed by atoms with Crippen molar-refractivity contribution in [2.45, 2.75) is 0 Å². The number of anilines is 12. The molecule has 0 saturated carbocycles. The second-order valence-electron chi connectivity index (χ2n) is 16.5. The topological polar surface area (TPSA) is 22.2 Å². The van der Waals surface area contributed by atoms with Crippen molar-refractivity contribution in [3.05, 3.63) is 248 Å². The van der Waals surface area contributed by atoms with Crippen LogP contribution in [-0.2, 0) is 0 Å². The molecule has 0 radical (unpaired) electrons. The molecule has 0 amide bonds. The lowest BCUT2D eigenvalue weighted by molar-refractivity contribution is 0.477. The Morgan fingerprint density at radius 2 is 1.04 bits per heavy atom. The lowest BCUT2D eigenvalue weighted by atomic mass is 9.36. The minimum atomic E-state index is -0.608. The van der Waals surface area contributed by atoms with Crippen LogP contribution in [-0.4, -0.2) is 6.71 Å². The molecule has 324 valence electrons. The first-order valence-electron chi connectivity index (χ1n) is 30.1. The summed E-state index contributed by atoms with van der Waals surface area (Å²) >= 11 is 1.62. The van der Waals surface area contributed by atoms with Crippen molar-refractivity contribution in [2.24, 2.45) is 0 Å². The van der Waals surface area contributed by atoms with E-state index < -0.39 is 97.3 Å². The summed E-state index contributed by atoms with van der Waals surface area (Å²) in [7, 11) is 0.